The largest absolute Gasteiger partial charge is 0.466 e. The van der Waals surface area contributed by atoms with Crippen molar-refractivity contribution in [3.8, 4) is 0 Å². The molecule has 0 aliphatic rings. The van der Waals surface area contributed by atoms with Gasteiger partial charge in [0, 0.05) is 0 Å². The van der Waals surface area contributed by atoms with Gasteiger partial charge in [0.1, 0.15) is 0 Å². The number of esters is 1. The molecule has 0 saturated carbocycles. The fourth-order valence-corrected chi connectivity index (χ4v) is 1.31. The molecule has 0 rings (SSSR count). The van der Waals surface area contributed by atoms with E-state index in [2.05, 4.69) is 13.8 Å². The summed E-state index contributed by atoms with van der Waals surface area (Å²) < 4.78 is 5.04. The van der Waals surface area contributed by atoms with Crippen LogP contribution in [0.4, 0.5) is 0 Å². The van der Waals surface area contributed by atoms with E-state index in [0.29, 0.717) is 12.5 Å². The highest BCUT2D eigenvalue weighted by molar-refractivity contribution is 5.76. The molecule has 1 unspecified atom stereocenters. The van der Waals surface area contributed by atoms with E-state index in [4.69, 9.17) is 4.74 Å². The van der Waals surface area contributed by atoms with E-state index in [1.54, 1.807) is 0 Å². The Hall–Kier alpha value is -0.530. The SMILES string of the molecule is CCCC(C)C(C)(C)C(=O)OCC. The van der Waals surface area contributed by atoms with Gasteiger partial charge >= 0.3 is 5.97 Å². The highest BCUT2D eigenvalue weighted by atomic mass is 16.5. The topological polar surface area (TPSA) is 26.3 Å². The Morgan fingerprint density at radius 1 is 1.38 bits per heavy atom. The minimum Gasteiger partial charge on any atom is -0.466 e. The average Bonchev–Trinajstić information content (AvgIpc) is 2.05. The molecule has 0 aromatic rings. The zero-order chi connectivity index (χ0) is 10.5. The standard InChI is InChI=1S/C11H22O2/c1-6-8-9(3)11(4,5)10(12)13-7-2/h9H,6-8H2,1-5H3. The van der Waals surface area contributed by atoms with Crippen molar-refractivity contribution in [2.45, 2.75) is 47.5 Å². The molecule has 2 heteroatoms. The third kappa shape index (κ3) is 3.37. The fraction of sp³-hybridized carbons (Fsp3) is 0.909. The Labute approximate surface area is 81.7 Å². The first-order valence-corrected chi connectivity index (χ1v) is 5.14. The molecular weight excluding hydrogens is 164 g/mol. The van der Waals surface area contributed by atoms with E-state index in [0.717, 1.165) is 12.8 Å². The number of hydrogen-bond acceptors (Lipinski definition) is 2. The van der Waals surface area contributed by atoms with Gasteiger partial charge in [0.25, 0.3) is 0 Å². The molecule has 0 bridgehead atoms. The van der Waals surface area contributed by atoms with E-state index in [1.807, 2.05) is 20.8 Å². The van der Waals surface area contributed by atoms with Crippen molar-refractivity contribution in [2.75, 3.05) is 6.61 Å². The molecule has 0 aliphatic carbocycles. The number of carbonyl (C=O) groups excluding carboxylic acids is 1. The van der Waals surface area contributed by atoms with E-state index < -0.39 is 0 Å². The van der Waals surface area contributed by atoms with Gasteiger partial charge in [-0.25, -0.2) is 0 Å². The third-order valence-electron chi connectivity index (χ3n) is 2.76. The average molecular weight is 186 g/mol. The number of ether oxygens (including phenoxy) is 1. The predicted octanol–water partition coefficient (Wildman–Crippen LogP) is 3.01. The first-order chi connectivity index (χ1) is 5.96. The molecule has 0 saturated heterocycles. The molecule has 13 heavy (non-hydrogen) atoms. The first kappa shape index (κ1) is 12.5. The van der Waals surface area contributed by atoms with Gasteiger partial charge in [0.05, 0.1) is 12.0 Å². The molecule has 78 valence electrons. The number of rotatable bonds is 5. The zero-order valence-electron chi connectivity index (χ0n) is 9.52. The lowest BCUT2D eigenvalue weighted by molar-refractivity contribution is -0.156. The minimum absolute atomic E-state index is 0.0732. The molecule has 0 amide bonds. The molecule has 0 heterocycles. The summed E-state index contributed by atoms with van der Waals surface area (Å²) in [5.41, 5.74) is -0.341. The maximum Gasteiger partial charge on any atom is 0.311 e. The molecule has 0 aliphatic heterocycles. The second-order valence-corrected chi connectivity index (χ2v) is 4.13. The van der Waals surface area contributed by atoms with Gasteiger partial charge in [0.15, 0.2) is 0 Å². The summed E-state index contributed by atoms with van der Waals surface area (Å²) in [5, 5.41) is 0. The molecule has 0 N–H and O–H groups in total. The Morgan fingerprint density at radius 2 is 1.92 bits per heavy atom. The van der Waals surface area contributed by atoms with Gasteiger partial charge in [0.2, 0.25) is 0 Å². The van der Waals surface area contributed by atoms with Crippen LogP contribution in [0.5, 0.6) is 0 Å². The van der Waals surface area contributed by atoms with Crippen LogP contribution < -0.4 is 0 Å². The minimum atomic E-state index is -0.341. The summed E-state index contributed by atoms with van der Waals surface area (Å²) >= 11 is 0. The Kier molecular flexibility index (Phi) is 5.04. The van der Waals surface area contributed by atoms with Gasteiger partial charge in [-0.05, 0) is 33.1 Å². The lowest BCUT2D eigenvalue weighted by Crippen LogP contribution is -2.33. The van der Waals surface area contributed by atoms with Gasteiger partial charge in [-0.15, -0.1) is 0 Å². The molecule has 2 nitrogen and oxygen atoms in total. The lowest BCUT2D eigenvalue weighted by Gasteiger charge is -2.28. The van der Waals surface area contributed by atoms with Gasteiger partial charge in [-0.3, -0.25) is 4.79 Å². The highest BCUT2D eigenvalue weighted by Gasteiger charge is 2.34. The maximum atomic E-state index is 11.6. The van der Waals surface area contributed by atoms with Crippen LogP contribution in [0.2, 0.25) is 0 Å². The number of hydrogen-bond donors (Lipinski definition) is 0. The summed E-state index contributed by atoms with van der Waals surface area (Å²) in [5.74, 6) is 0.313. The summed E-state index contributed by atoms with van der Waals surface area (Å²) in [7, 11) is 0. The van der Waals surface area contributed by atoms with Gasteiger partial charge < -0.3 is 4.74 Å². The van der Waals surface area contributed by atoms with Crippen molar-refractivity contribution in [1.29, 1.82) is 0 Å². The fourth-order valence-electron chi connectivity index (χ4n) is 1.31. The molecule has 0 aromatic heterocycles. The maximum absolute atomic E-state index is 11.6. The first-order valence-electron chi connectivity index (χ1n) is 5.14. The second kappa shape index (κ2) is 5.25. The van der Waals surface area contributed by atoms with Crippen LogP contribution in [-0.4, -0.2) is 12.6 Å². The quantitative estimate of drug-likeness (QED) is 0.617. The monoisotopic (exact) mass is 186 g/mol. The summed E-state index contributed by atoms with van der Waals surface area (Å²) in [6.45, 7) is 10.5. The molecule has 0 fully saturated rings. The van der Waals surface area contributed by atoms with E-state index in [9.17, 15) is 4.79 Å². The van der Waals surface area contributed by atoms with Crippen molar-refractivity contribution < 1.29 is 9.53 Å². The summed E-state index contributed by atoms with van der Waals surface area (Å²) in [4.78, 5) is 11.6. The summed E-state index contributed by atoms with van der Waals surface area (Å²) in [6, 6.07) is 0. The van der Waals surface area contributed by atoms with Crippen LogP contribution in [0.25, 0.3) is 0 Å². The third-order valence-corrected chi connectivity index (χ3v) is 2.76. The molecule has 0 aromatic carbocycles. The Bertz CT molecular complexity index is 161. The van der Waals surface area contributed by atoms with Crippen LogP contribution in [0.15, 0.2) is 0 Å². The zero-order valence-corrected chi connectivity index (χ0v) is 9.52. The normalized spacial score (nSPS) is 13.9. The second-order valence-electron chi connectivity index (χ2n) is 4.13. The van der Waals surface area contributed by atoms with Crippen molar-refractivity contribution in [2.24, 2.45) is 11.3 Å². The van der Waals surface area contributed by atoms with Crippen LogP contribution in [-0.2, 0) is 9.53 Å². The van der Waals surface area contributed by atoms with E-state index in [-0.39, 0.29) is 11.4 Å². The smallest absolute Gasteiger partial charge is 0.311 e. The lowest BCUT2D eigenvalue weighted by atomic mass is 9.78. The van der Waals surface area contributed by atoms with Crippen LogP contribution in [0.1, 0.15) is 47.5 Å². The highest BCUT2D eigenvalue weighted by Crippen LogP contribution is 2.31. The summed E-state index contributed by atoms with van der Waals surface area (Å²) in [6.07, 6.45) is 2.19. The molecule has 0 radical (unpaired) electrons. The van der Waals surface area contributed by atoms with Crippen molar-refractivity contribution in [3.05, 3.63) is 0 Å². The molecule has 1 atom stereocenters. The van der Waals surface area contributed by atoms with E-state index >= 15 is 0 Å². The van der Waals surface area contributed by atoms with Crippen LogP contribution in [0, 0.1) is 11.3 Å². The Morgan fingerprint density at radius 3 is 2.31 bits per heavy atom. The van der Waals surface area contributed by atoms with Crippen LogP contribution in [0.3, 0.4) is 0 Å². The van der Waals surface area contributed by atoms with Crippen LogP contribution >= 0.6 is 0 Å². The van der Waals surface area contributed by atoms with Gasteiger partial charge in [-0.2, -0.15) is 0 Å². The number of carbonyl (C=O) groups is 1. The van der Waals surface area contributed by atoms with Crippen molar-refractivity contribution in [3.63, 3.8) is 0 Å². The Balaban J connectivity index is 4.26. The molecule has 0 spiro atoms. The molecular formula is C11H22O2. The van der Waals surface area contributed by atoms with Crippen molar-refractivity contribution in [1.82, 2.24) is 0 Å². The van der Waals surface area contributed by atoms with Crippen molar-refractivity contribution >= 4 is 5.97 Å². The van der Waals surface area contributed by atoms with Gasteiger partial charge in [-0.1, -0.05) is 20.3 Å². The van der Waals surface area contributed by atoms with E-state index in [1.165, 1.54) is 0 Å². The predicted molar refractivity (Wildman–Crippen MR) is 54.5 cm³/mol.